The molecular formula is C12H19N3O2. The third kappa shape index (κ3) is 2.20. The monoisotopic (exact) mass is 237 g/mol. The lowest BCUT2D eigenvalue weighted by molar-refractivity contribution is 0.0743. The normalized spacial score (nSPS) is 24.4. The van der Waals surface area contributed by atoms with Crippen molar-refractivity contribution in [2.24, 2.45) is 11.1 Å². The minimum absolute atomic E-state index is 0.0403. The summed E-state index contributed by atoms with van der Waals surface area (Å²) in [5.41, 5.74) is 6.43. The van der Waals surface area contributed by atoms with Gasteiger partial charge in [-0.1, -0.05) is 6.92 Å². The number of aryl methyl sites for hydroxylation is 2. The SMILES string of the molecule is Cc1nc(C)c(C(=O)N2CCC(C)(CN)C2)o1. The van der Waals surface area contributed by atoms with E-state index < -0.39 is 0 Å². The molecule has 1 unspecified atom stereocenters. The van der Waals surface area contributed by atoms with E-state index in [-0.39, 0.29) is 11.3 Å². The molecule has 0 aliphatic carbocycles. The van der Waals surface area contributed by atoms with Crippen LogP contribution in [-0.4, -0.2) is 35.4 Å². The molecule has 5 heteroatoms. The molecule has 2 N–H and O–H groups in total. The molecular weight excluding hydrogens is 218 g/mol. The molecule has 0 saturated carbocycles. The van der Waals surface area contributed by atoms with E-state index in [0.717, 1.165) is 13.0 Å². The van der Waals surface area contributed by atoms with Crippen molar-refractivity contribution in [2.75, 3.05) is 19.6 Å². The molecule has 5 nitrogen and oxygen atoms in total. The lowest BCUT2D eigenvalue weighted by Gasteiger charge is -2.22. The van der Waals surface area contributed by atoms with Gasteiger partial charge in [-0.3, -0.25) is 4.79 Å². The van der Waals surface area contributed by atoms with Gasteiger partial charge in [0.05, 0.1) is 5.69 Å². The molecule has 1 atom stereocenters. The number of likely N-dealkylation sites (tertiary alicyclic amines) is 1. The minimum Gasteiger partial charge on any atom is -0.436 e. The molecule has 1 fully saturated rings. The van der Waals surface area contributed by atoms with Gasteiger partial charge in [0.1, 0.15) is 0 Å². The summed E-state index contributed by atoms with van der Waals surface area (Å²) in [7, 11) is 0. The average Bonchev–Trinajstić information content (AvgIpc) is 2.82. The van der Waals surface area contributed by atoms with Crippen molar-refractivity contribution in [3.63, 3.8) is 0 Å². The summed E-state index contributed by atoms with van der Waals surface area (Å²) in [6.45, 7) is 7.69. The van der Waals surface area contributed by atoms with Crippen LogP contribution >= 0.6 is 0 Å². The Balaban J connectivity index is 2.15. The molecule has 1 aliphatic heterocycles. The maximum atomic E-state index is 12.2. The third-order valence-corrected chi connectivity index (χ3v) is 3.44. The molecule has 0 spiro atoms. The van der Waals surface area contributed by atoms with Crippen LogP contribution in [0.25, 0.3) is 0 Å². The first-order chi connectivity index (χ1) is 7.95. The first-order valence-corrected chi connectivity index (χ1v) is 5.88. The van der Waals surface area contributed by atoms with Crippen LogP contribution in [0.15, 0.2) is 4.42 Å². The van der Waals surface area contributed by atoms with Crippen LogP contribution in [0.3, 0.4) is 0 Å². The van der Waals surface area contributed by atoms with E-state index in [0.29, 0.717) is 30.4 Å². The summed E-state index contributed by atoms with van der Waals surface area (Å²) >= 11 is 0. The molecule has 1 amide bonds. The van der Waals surface area contributed by atoms with Crippen LogP contribution in [0.2, 0.25) is 0 Å². The summed E-state index contributed by atoms with van der Waals surface area (Å²) in [5, 5.41) is 0. The highest BCUT2D eigenvalue weighted by molar-refractivity contribution is 5.92. The standard InChI is InChI=1S/C12H19N3O2/c1-8-10(17-9(2)14-8)11(16)15-5-4-12(3,6-13)7-15/h4-7,13H2,1-3H3. The highest BCUT2D eigenvalue weighted by Crippen LogP contribution is 2.29. The number of aromatic nitrogens is 1. The summed E-state index contributed by atoms with van der Waals surface area (Å²) in [4.78, 5) is 18.2. The van der Waals surface area contributed by atoms with E-state index in [1.807, 2.05) is 0 Å². The second-order valence-corrected chi connectivity index (χ2v) is 5.14. The second kappa shape index (κ2) is 4.14. The van der Waals surface area contributed by atoms with E-state index in [4.69, 9.17) is 10.2 Å². The number of nitrogens with two attached hydrogens (primary N) is 1. The Labute approximate surface area is 101 Å². The molecule has 0 radical (unpaired) electrons. The van der Waals surface area contributed by atoms with E-state index in [1.54, 1.807) is 18.7 Å². The number of hydrogen-bond acceptors (Lipinski definition) is 4. The maximum Gasteiger partial charge on any atom is 0.291 e. The topological polar surface area (TPSA) is 72.4 Å². The second-order valence-electron chi connectivity index (χ2n) is 5.14. The Bertz CT molecular complexity index is 441. The van der Waals surface area contributed by atoms with Crippen molar-refractivity contribution in [1.29, 1.82) is 0 Å². The molecule has 94 valence electrons. The smallest absolute Gasteiger partial charge is 0.291 e. The Hall–Kier alpha value is -1.36. The van der Waals surface area contributed by atoms with Gasteiger partial charge in [-0.2, -0.15) is 0 Å². The van der Waals surface area contributed by atoms with Crippen LogP contribution in [-0.2, 0) is 0 Å². The number of rotatable bonds is 2. The van der Waals surface area contributed by atoms with Crippen molar-refractivity contribution in [3.05, 3.63) is 17.3 Å². The molecule has 1 saturated heterocycles. The van der Waals surface area contributed by atoms with Crippen molar-refractivity contribution < 1.29 is 9.21 Å². The zero-order valence-electron chi connectivity index (χ0n) is 10.6. The predicted octanol–water partition coefficient (Wildman–Crippen LogP) is 1.10. The van der Waals surface area contributed by atoms with E-state index in [9.17, 15) is 4.79 Å². The van der Waals surface area contributed by atoms with E-state index in [2.05, 4.69) is 11.9 Å². The maximum absolute atomic E-state index is 12.2. The summed E-state index contributed by atoms with van der Waals surface area (Å²) < 4.78 is 5.36. The van der Waals surface area contributed by atoms with Crippen LogP contribution in [0.5, 0.6) is 0 Å². The van der Waals surface area contributed by atoms with Gasteiger partial charge in [0.2, 0.25) is 5.76 Å². The molecule has 1 aromatic rings. The zero-order chi connectivity index (χ0) is 12.6. The van der Waals surface area contributed by atoms with Gasteiger partial charge < -0.3 is 15.1 Å². The molecule has 1 aliphatic rings. The van der Waals surface area contributed by atoms with Crippen LogP contribution in [0, 0.1) is 19.3 Å². The van der Waals surface area contributed by atoms with Gasteiger partial charge in [0.25, 0.3) is 5.91 Å². The van der Waals surface area contributed by atoms with Gasteiger partial charge in [0, 0.05) is 20.0 Å². The van der Waals surface area contributed by atoms with Gasteiger partial charge >= 0.3 is 0 Å². The number of amides is 1. The zero-order valence-corrected chi connectivity index (χ0v) is 10.6. The number of oxazole rings is 1. The van der Waals surface area contributed by atoms with E-state index >= 15 is 0 Å². The lowest BCUT2D eigenvalue weighted by Crippen LogP contribution is -2.34. The molecule has 2 rings (SSSR count). The van der Waals surface area contributed by atoms with Crippen molar-refractivity contribution >= 4 is 5.91 Å². The number of carbonyl (C=O) groups is 1. The fourth-order valence-electron chi connectivity index (χ4n) is 2.24. The minimum atomic E-state index is -0.0692. The number of nitrogens with zero attached hydrogens (tertiary/aromatic N) is 2. The Morgan fingerprint density at radius 3 is 2.76 bits per heavy atom. The summed E-state index contributed by atoms with van der Waals surface area (Å²) in [6.07, 6.45) is 0.946. The van der Waals surface area contributed by atoms with Gasteiger partial charge in [-0.25, -0.2) is 4.98 Å². The third-order valence-electron chi connectivity index (χ3n) is 3.44. The fraction of sp³-hybridized carbons (Fsp3) is 0.667. The van der Waals surface area contributed by atoms with Gasteiger partial charge in [-0.15, -0.1) is 0 Å². The molecule has 2 heterocycles. The average molecular weight is 237 g/mol. The first-order valence-electron chi connectivity index (χ1n) is 5.88. The first kappa shape index (κ1) is 12.1. The highest BCUT2D eigenvalue weighted by atomic mass is 16.4. The van der Waals surface area contributed by atoms with Crippen molar-refractivity contribution in [2.45, 2.75) is 27.2 Å². The summed E-state index contributed by atoms with van der Waals surface area (Å²) in [5.74, 6) is 0.829. The van der Waals surface area contributed by atoms with Crippen LogP contribution < -0.4 is 5.73 Å². The Morgan fingerprint density at radius 2 is 2.29 bits per heavy atom. The number of carbonyl (C=O) groups excluding carboxylic acids is 1. The summed E-state index contributed by atoms with van der Waals surface area (Å²) in [6, 6.07) is 0. The van der Waals surface area contributed by atoms with E-state index in [1.165, 1.54) is 0 Å². The Morgan fingerprint density at radius 1 is 1.59 bits per heavy atom. The fourth-order valence-corrected chi connectivity index (χ4v) is 2.24. The molecule has 0 aromatic carbocycles. The van der Waals surface area contributed by atoms with Gasteiger partial charge in [0.15, 0.2) is 5.89 Å². The van der Waals surface area contributed by atoms with Crippen LogP contribution in [0.1, 0.15) is 35.5 Å². The van der Waals surface area contributed by atoms with Crippen molar-refractivity contribution in [1.82, 2.24) is 9.88 Å². The predicted molar refractivity (Wildman–Crippen MR) is 63.7 cm³/mol. The van der Waals surface area contributed by atoms with Crippen molar-refractivity contribution in [3.8, 4) is 0 Å². The quantitative estimate of drug-likeness (QED) is 0.836. The molecule has 17 heavy (non-hydrogen) atoms. The Kier molecular flexibility index (Phi) is 2.95. The van der Waals surface area contributed by atoms with Crippen LogP contribution in [0.4, 0.5) is 0 Å². The molecule has 1 aromatic heterocycles. The highest BCUT2D eigenvalue weighted by Gasteiger charge is 2.36. The van der Waals surface area contributed by atoms with Gasteiger partial charge in [-0.05, 0) is 25.3 Å². The molecule has 0 bridgehead atoms. The number of hydrogen-bond donors (Lipinski definition) is 1. The largest absolute Gasteiger partial charge is 0.436 e. The lowest BCUT2D eigenvalue weighted by atomic mass is 9.90.